The van der Waals surface area contributed by atoms with Crippen LogP contribution in [0.25, 0.3) is 0 Å². The molecule has 0 saturated heterocycles. The van der Waals surface area contributed by atoms with Gasteiger partial charge in [-0.25, -0.2) is 4.39 Å². The summed E-state index contributed by atoms with van der Waals surface area (Å²) < 4.78 is 31.0. The van der Waals surface area contributed by atoms with Gasteiger partial charge in [0.25, 0.3) is 11.0 Å². The number of quaternary nitrogens is 1. The van der Waals surface area contributed by atoms with Gasteiger partial charge in [-0.2, -0.15) is 0 Å². The van der Waals surface area contributed by atoms with Crippen molar-refractivity contribution in [1.29, 1.82) is 0 Å². The molecule has 0 aliphatic heterocycles. The Morgan fingerprint density at radius 2 is 2.05 bits per heavy atom. The summed E-state index contributed by atoms with van der Waals surface area (Å²) in [6, 6.07) is 2.97. The fourth-order valence-electron chi connectivity index (χ4n) is 1.22. The van der Waals surface area contributed by atoms with E-state index < -0.39 is 18.8 Å². The first kappa shape index (κ1) is 15.6. The lowest BCUT2D eigenvalue weighted by Crippen LogP contribution is -2.37. The predicted molar refractivity (Wildman–Crippen MR) is 69.1 cm³/mol. The van der Waals surface area contributed by atoms with Gasteiger partial charge >= 0.3 is 8.03 Å². The average Bonchev–Trinajstić information content (AvgIpc) is 2.26. The van der Waals surface area contributed by atoms with Gasteiger partial charge in [0.1, 0.15) is 6.54 Å². The molecule has 0 aliphatic carbocycles. The molecular formula is C11H16FN2O4P+2. The van der Waals surface area contributed by atoms with Crippen molar-refractivity contribution in [1.82, 2.24) is 0 Å². The zero-order chi connectivity index (χ0) is 14.6. The van der Waals surface area contributed by atoms with E-state index >= 15 is 0 Å². The van der Waals surface area contributed by atoms with E-state index in [-0.39, 0.29) is 17.6 Å². The van der Waals surface area contributed by atoms with Crippen molar-refractivity contribution >= 4 is 19.0 Å². The molecule has 0 amide bonds. The smallest absolute Gasteiger partial charge is 0.329 e. The number of likely N-dealkylation sites (N-methyl/N-ethyl adjacent to an activating group) is 1. The lowest BCUT2D eigenvalue weighted by molar-refractivity contribution is -0.870. The molecule has 19 heavy (non-hydrogen) atoms. The van der Waals surface area contributed by atoms with Gasteiger partial charge in [-0.15, -0.1) is 4.52 Å². The lowest BCUT2D eigenvalue weighted by Gasteiger charge is -2.21. The highest BCUT2D eigenvalue weighted by Crippen LogP contribution is 2.25. The number of rotatable bonds is 6. The van der Waals surface area contributed by atoms with Crippen LogP contribution in [0, 0.1) is 15.9 Å². The summed E-state index contributed by atoms with van der Waals surface area (Å²) in [5.74, 6) is -0.888. The Morgan fingerprint density at radius 1 is 1.42 bits per heavy atom. The van der Waals surface area contributed by atoms with Crippen molar-refractivity contribution in [3.8, 4) is 0 Å². The molecule has 1 aromatic rings. The van der Waals surface area contributed by atoms with Crippen LogP contribution in [0.15, 0.2) is 18.2 Å². The van der Waals surface area contributed by atoms with E-state index in [4.69, 9.17) is 4.52 Å². The van der Waals surface area contributed by atoms with Gasteiger partial charge in [0.05, 0.1) is 32.1 Å². The predicted octanol–water partition coefficient (Wildman–Crippen LogP) is 1.82. The minimum absolute atomic E-state index is 0.151. The highest BCUT2D eigenvalue weighted by Gasteiger charge is 2.29. The number of nitro groups is 1. The van der Waals surface area contributed by atoms with Crippen LogP contribution < -0.4 is 5.30 Å². The molecule has 0 fully saturated rings. The minimum Gasteiger partial charge on any atom is -0.329 e. The first-order valence-corrected chi connectivity index (χ1v) is 6.73. The number of hydrogen-bond acceptors (Lipinski definition) is 4. The molecule has 1 unspecified atom stereocenters. The third-order valence-corrected chi connectivity index (χ3v) is 3.48. The quantitative estimate of drug-likeness (QED) is 0.347. The fourth-order valence-corrected chi connectivity index (χ4v) is 2.05. The Bertz CT molecular complexity index is 502. The maximum atomic E-state index is 13.5. The number of nitrogens with zero attached hydrogens (tertiary/aromatic N) is 2. The van der Waals surface area contributed by atoms with Gasteiger partial charge in [-0.3, -0.25) is 10.1 Å². The number of non-ortho nitro benzene ring substituents is 1. The molecule has 0 saturated carbocycles. The molecule has 6 nitrogen and oxygen atoms in total. The van der Waals surface area contributed by atoms with Crippen LogP contribution in [0.2, 0.25) is 0 Å². The Hall–Kier alpha value is -1.43. The SMILES string of the molecule is C[N+](C)(C)CCO[P+](=O)c1ccc([N+](=O)[O-])cc1F. The Balaban J connectivity index is 2.70. The molecule has 0 spiro atoms. The number of halogens is 1. The molecule has 0 aliphatic rings. The van der Waals surface area contributed by atoms with Crippen LogP contribution >= 0.6 is 8.03 Å². The normalized spacial score (nSPS) is 12.3. The first-order chi connectivity index (χ1) is 8.70. The highest BCUT2D eigenvalue weighted by atomic mass is 31.1. The van der Waals surface area contributed by atoms with Crippen molar-refractivity contribution < 1.29 is 22.9 Å². The van der Waals surface area contributed by atoms with Crippen LogP contribution in [-0.2, 0) is 9.09 Å². The Morgan fingerprint density at radius 3 is 2.53 bits per heavy atom. The van der Waals surface area contributed by atoms with E-state index in [1.54, 1.807) is 0 Å². The first-order valence-electron chi connectivity index (χ1n) is 5.55. The monoisotopic (exact) mass is 290 g/mol. The standard InChI is InChI=1S/C11H16FN2O4P/c1-14(2,3)6-7-18-19(17)11-5-4-9(13(15)16)8-10(11)12/h4-5,8H,6-7H2,1-3H3/q+2. The maximum absolute atomic E-state index is 13.5. The van der Waals surface area contributed by atoms with Crippen LogP contribution in [0.4, 0.5) is 10.1 Å². The zero-order valence-corrected chi connectivity index (χ0v) is 11.9. The highest BCUT2D eigenvalue weighted by molar-refractivity contribution is 7.48. The second-order valence-electron chi connectivity index (χ2n) is 5.00. The van der Waals surface area contributed by atoms with Crippen LogP contribution in [-0.4, -0.2) is 43.7 Å². The lowest BCUT2D eigenvalue weighted by atomic mass is 10.3. The van der Waals surface area contributed by atoms with Crippen molar-refractivity contribution in [2.45, 2.75) is 0 Å². The summed E-state index contributed by atoms with van der Waals surface area (Å²) in [7, 11) is 3.50. The molecule has 1 rings (SSSR count). The number of nitro benzene ring substituents is 1. The molecule has 1 atom stereocenters. The van der Waals surface area contributed by atoms with E-state index in [1.807, 2.05) is 21.1 Å². The van der Waals surface area contributed by atoms with E-state index in [0.29, 0.717) is 11.0 Å². The largest absolute Gasteiger partial charge is 0.552 e. The van der Waals surface area contributed by atoms with E-state index in [9.17, 15) is 19.1 Å². The van der Waals surface area contributed by atoms with Crippen LogP contribution in [0.3, 0.4) is 0 Å². The minimum atomic E-state index is -2.34. The summed E-state index contributed by atoms with van der Waals surface area (Å²) in [6.07, 6.45) is 0. The summed E-state index contributed by atoms with van der Waals surface area (Å²) in [4.78, 5) is 9.74. The van der Waals surface area contributed by atoms with Crippen molar-refractivity contribution in [2.24, 2.45) is 0 Å². The Kier molecular flexibility index (Phi) is 5.05. The third kappa shape index (κ3) is 4.98. The van der Waals surface area contributed by atoms with Gasteiger partial charge in [0, 0.05) is 12.1 Å². The summed E-state index contributed by atoms with van der Waals surface area (Å²) >= 11 is 0. The number of hydrogen-bond donors (Lipinski definition) is 0. The average molecular weight is 290 g/mol. The van der Waals surface area contributed by atoms with Gasteiger partial charge in [-0.05, 0) is 4.57 Å². The van der Waals surface area contributed by atoms with Crippen LogP contribution in [0.5, 0.6) is 0 Å². The van der Waals surface area contributed by atoms with Crippen molar-refractivity contribution in [3.05, 3.63) is 34.1 Å². The van der Waals surface area contributed by atoms with Gasteiger partial charge in [0.2, 0.25) is 0 Å². The molecule has 0 aromatic heterocycles. The second-order valence-corrected chi connectivity index (χ2v) is 6.25. The molecule has 104 valence electrons. The fraction of sp³-hybridized carbons (Fsp3) is 0.455. The summed E-state index contributed by atoms with van der Waals surface area (Å²) in [5, 5.41) is 10.3. The Labute approximate surface area is 111 Å². The topological polar surface area (TPSA) is 69.4 Å². The van der Waals surface area contributed by atoms with E-state index in [1.165, 1.54) is 0 Å². The van der Waals surface area contributed by atoms with Crippen molar-refractivity contribution in [3.63, 3.8) is 0 Å². The molecule has 0 bridgehead atoms. The molecule has 0 N–H and O–H groups in total. The maximum Gasteiger partial charge on any atom is 0.552 e. The summed E-state index contributed by atoms with van der Waals surface area (Å²) in [5.41, 5.74) is -0.379. The second kappa shape index (κ2) is 6.14. The molecule has 1 aromatic carbocycles. The number of benzene rings is 1. The van der Waals surface area contributed by atoms with Gasteiger partial charge in [-0.1, -0.05) is 0 Å². The van der Waals surface area contributed by atoms with E-state index in [2.05, 4.69) is 0 Å². The summed E-state index contributed by atoms with van der Waals surface area (Å²) in [6.45, 7) is 0.838. The van der Waals surface area contributed by atoms with Gasteiger partial charge in [0.15, 0.2) is 12.4 Å². The molecule has 0 heterocycles. The van der Waals surface area contributed by atoms with Gasteiger partial charge < -0.3 is 4.48 Å². The van der Waals surface area contributed by atoms with Crippen molar-refractivity contribution in [2.75, 3.05) is 34.3 Å². The third-order valence-electron chi connectivity index (χ3n) is 2.31. The van der Waals surface area contributed by atoms with Crippen LogP contribution in [0.1, 0.15) is 0 Å². The zero-order valence-electron chi connectivity index (χ0n) is 11.0. The molecule has 0 radical (unpaired) electrons. The molecular weight excluding hydrogens is 274 g/mol. The van der Waals surface area contributed by atoms with E-state index in [0.717, 1.165) is 18.2 Å². The molecule has 8 heteroatoms.